The molecule has 2 saturated heterocycles. The van der Waals surface area contributed by atoms with Crippen LogP contribution in [0.4, 0.5) is 14.6 Å². The summed E-state index contributed by atoms with van der Waals surface area (Å²) in [5.41, 5.74) is 0.0396. The fraction of sp³-hybridized carbons (Fsp3) is 0.632. The standard InChI is InChI=1S/C19H22ClF2N5O2/c20-16-14(22)15-13-17(27-5-3-12(27)9-28-18(13)25-16)26-19(24-15)29-8-10-2-1-4-23-7-11(21)6-10/h10-12,23H,1-9H2/t10-,11-,12-/m1/s1. The minimum Gasteiger partial charge on any atom is -0.475 e. The lowest BCUT2D eigenvalue weighted by Gasteiger charge is -2.40. The molecular formula is C19H22ClF2N5O2. The normalized spacial score (nSPS) is 26.6. The topological polar surface area (TPSA) is 72.4 Å². The second-order valence-corrected chi connectivity index (χ2v) is 8.24. The minimum atomic E-state index is -0.907. The molecule has 2 fully saturated rings. The summed E-state index contributed by atoms with van der Waals surface area (Å²) in [6, 6.07) is 0.227. The Morgan fingerprint density at radius 2 is 2.17 bits per heavy atom. The second kappa shape index (κ2) is 7.68. The molecule has 0 amide bonds. The van der Waals surface area contributed by atoms with Crippen LogP contribution in [0.1, 0.15) is 25.7 Å². The molecular weight excluding hydrogens is 404 g/mol. The SMILES string of the molecule is Fc1c(Cl)nc2c3c(nc(OC[C@@H]4CCCNC[C@H](F)C4)nc13)N1CC[C@@H]1CO2. The highest BCUT2D eigenvalue weighted by Crippen LogP contribution is 2.41. The van der Waals surface area contributed by atoms with Gasteiger partial charge in [-0.15, -0.1) is 0 Å². The van der Waals surface area contributed by atoms with Gasteiger partial charge in [-0.2, -0.15) is 15.0 Å². The first-order valence-electron chi connectivity index (χ1n) is 10.0. The van der Waals surface area contributed by atoms with E-state index in [1.807, 2.05) is 0 Å². The van der Waals surface area contributed by atoms with Gasteiger partial charge in [0.05, 0.1) is 12.6 Å². The van der Waals surface area contributed by atoms with E-state index >= 15 is 0 Å². The van der Waals surface area contributed by atoms with E-state index in [0.29, 0.717) is 37.4 Å². The number of aromatic nitrogens is 3. The zero-order valence-electron chi connectivity index (χ0n) is 15.8. The summed E-state index contributed by atoms with van der Waals surface area (Å²) in [5.74, 6) is 0.145. The Morgan fingerprint density at radius 1 is 1.28 bits per heavy atom. The Labute approximate surface area is 171 Å². The maximum Gasteiger partial charge on any atom is 0.319 e. The first-order chi connectivity index (χ1) is 14.1. The molecule has 0 spiro atoms. The summed E-state index contributed by atoms with van der Waals surface area (Å²) in [6.07, 6.45) is 2.28. The molecule has 0 unspecified atom stereocenters. The van der Waals surface area contributed by atoms with E-state index in [4.69, 9.17) is 21.1 Å². The van der Waals surface area contributed by atoms with Crippen LogP contribution in [0.25, 0.3) is 10.9 Å². The number of halogens is 3. The molecule has 29 heavy (non-hydrogen) atoms. The van der Waals surface area contributed by atoms with Crippen LogP contribution in [-0.2, 0) is 0 Å². The van der Waals surface area contributed by atoms with E-state index < -0.39 is 12.0 Å². The molecule has 5 rings (SSSR count). The smallest absolute Gasteiger partial charge is 0.319 e. The Hall–Kier alpha value is -2.00. The molecule has 1 N–H and O–H groups in total. The average molecular weight is 426 g/mol. The van der Waals surface area contributed by atoms with Crippen LogP contribution in [0.2, 0.25) is 5.15 Å². The molecule has 7 nitrogen and oxygen atoms in total. The van der Waals surface area contributed by atoms with Gasteiger partial charge in [-0.1, -0.05) is 11.6 Å². The summed E-state index contributed by atoms with van der Waals surface area (Å²) < 4.78 is 40.3. The number of ether oxygens (including phenoxy) is 2. The number of alkyl halides is 1. The lowest BCUT2D eigenvalue weighted by atomic mass is 9.96. The van der Waals surface area contributed by atoms with Crippen LogP contribution in [-0.4, -0.2) is 60.0 Å². The molecule has 3 atom stereocenters. The van der Waals surface area contributed by atoms with Crippen molar-refractivity contribution < 1.29 is 18.3 Å². The summed E-state index contributed by atoms with van der Waals surface area (Å²) in [6.45, 7) is 2.68. The molecule has 10 heteroatoms. The van der Waals surface area contributed by atoms with E-state index in [0.717, 1.165) is 32.4 Å². The number of hydrogen-bond donors (Lipinski definition) is 1. The molecule has 0 aromatic carbocycles. The van der Waals surface area contributed by atoms with Gasteiger partial charge in [0.25, 0.3) is 0 Å². The van der Waals surface area contributed by atoms with Crippen molar-refractivity contribution in [3.8, 4) is 11.9 Å². The molecule has 156 valence electrons. The lowest BCUT2D eigenvalue weighted by Crippen LogP contribution is -2.50. The Morgan fingerprint density at radius 3 is 3.00 bits per heavy atom. The fourth-order valence-corrected chi connectivity index (χ4v) is 4.37. The molecule has 0 radical (unpaired) electrons. The van der Waals surface area contributed by atoms with Crippen LogP contribution >= 0.6 is 11.6 Å². The molecule has 2 aromatic heterocycles. The third kappa shape index (κ3) is 3.54. The third-order valence-corrected chi connectivity index (χ3v) is 6.12. The number of hydrogen-bond acceptors (Lipinski definition) is 7. The molecule has 3 aliphatic heterocycles. The second-order valence-electron chi connectivity index (χ2n) is 7.88. The highest BCUT2D eigenvalue weighted by atomic mass is 35.5. The van der Waals surface area contributed by atoms with Gasteiger partial charge in [-0.05, 0) is 38.1 Å². The Bertz CT molecular complexity index is 933. The quantitative estimate of drug-likeness (QED) is 0.758. The van der Waals surface area contributed by atoms with Gasteiger partial charge >= 0.3 is 6.01 Å². The van der Waals surface area contributed by atoms with Crippen LogP contribution in [0.3, 0.4) is 0 Å². The zero-order chi connectivity index (χ0) is 20.0. The van der Waals surface area contributed by atoms with Gasteiger partial charge in [0.1, 0.15) is 29.5 Å². The molecule has 3 aliphatic rings. The van der Waals surface area contributed by atoms with E-state index in [2.05, 4.69) is 25.2 Å². The largest absolute Gasteiger partial charge is 0.475 e. The molecule has 0 saturated carbocycles. The molecule has 2 aromatic rings. The predicted octanol–water partition coefficient (Wildman–Crippen LogP) is 2.90. The summed E-state index contributed by atoms with van der Waals surface area (Å²) >= 11 is 5.96. The highest BCUT2D eigenvalue weighted by molar-refractivity contribution is 6.30. The van der Waals surface area contributed by atoms with Crippen molar-refractivity contribution in [3.63, 3.8) is 0 Å². The fourth-order valence-electron chi connectivity index (χ4n) is 4.20. The van der Waals surface area contributed by atoms with E-state index in [1.54, 1.807) is 0 Å². The van der Waals surface area contributed by atoms with E-state index in [9.17, 15) is 8.78 Å². The zero-order valence-corrected chi connectivity index (χ0v) is 16.6. The van der Waals surface area contributed by atoms with Crippen molar-refractivity contribution in [2.24, 2.45) is 5.92 Å². The van der Waals surface area contributed by atoms with Crippen LogP contribution in [0, 0.1) is 11.7 Å². The lowest BCUT2D eigenvalue weighted by molar-refractivity contribution is 0.166. The average Bonchev–Trinajstić information content (AvgIpc) is 2.75. The first kappa shape index (κ1) is 19.0. The summed E-state index contributed by atoms with van der Waals surface area (Å²) in [4.78, 5) is 14.9. The van der Waals surface area contributed by atoms with Gasteiger partial charge in [0.2, 0.25) is 5.88 Å². The van der Waals surface area contributed by atoms with Crippen molar-refractivity contribution in [1.82, 2.24) is 20.3 Å². The molecule has 5 heterocycles. The van der Waals surface area contributed by atoms with Crippen molar-refractivity contribution >= 4 is 28.3 Å². The summed E-state index contributed by atoms with van der Waals surface area (Å²) in [5, 5.41) is 3.22. The number of nitrogens with one attached hydrogen (secondary N) is 1. The maximum absolute atomic E-state index is 14.7. The third-order valence-electron chi connectivity index (χ3n) is 5.87. The van der Waals surface area contributed by atoms with Crippen LogP contribution in [0.5, 0.6) is 11.9 Å². The van der Waals surface area contributed by atoms with Gasteiger partial charge in [0, 0.05) is 13.1 Å². The van der Waals surface area contributed by atoms with Crippen molar-refractivity contribution in [1.29, 1.82) is 0 Å². The van der Waals surface area contributed by atoms with Gasteiger partial charge in [-0.25, -0.2) is 8.78 Å². The Kier molecular flexibility index (Phi) is 5.03. The number of rotatable bonds is 3. The van der Waals surface area contributed by atoms with Crippen molar-refractivity contribution in [2.45, 2.75) is 37.9 Å². The predicted molar refractivity (Wildman–Crippen MR) is 104 cm³/mol. The first-order valence-corrected chi connectivity index (χ1v) is 10.4. The maximum atomic E-state index is 14.7. The van der Waals surface area contributed by atoms with Crippen LogP contribution in [0.15, 0.2) is 0 Å². The van der Waals surface area contributed by atoms with E-state index in [1.165, 1.54) is 0 Å². The van der Waals surface area contributed by atoms with Crippen molar-refractivity contribution in [2.75, 3.05) is 37.7 Å². The van der Waals surface area contributed by atoms with E-state index in [-0.39, 0.29) is 34.5 Å². The van der Waals surface area contributed by atoms with Crippen LogP contribution < -0.4 is 19.7 Å². The minimum absolute atomic E-state index is 0.0396. The van der Waals surface area contributed by atoms with Gasteiger partial charge < -0.3 is 19.7 Å². The van der Waals surface area contributed by atoms with Gasteiger partial charge in [0.15, 0.2) is 11.0 Å². The Balaban J connectivity index is 1.47. The highest BCUT2D eigenvalue weighted by Gasteiger charge is 2.37. The number of anilines is 1. The summed E-state index contributed by atoms with van der Waals surface area (Å²) in [7, 11) is 0. The number of nitrogens with zero attached hydrogens (tertiary/aromatic N) is 4. The number of pyridine rings is 1. The number of fused-ring (bicyclic) bond motifs is 2. The molecule has 0 bridgehead atoms. The van der Waals surface area contributed by atoms with Gasteiger partial charge in [-0.3, -0.25) is 0 Å². The monoisotopic (exact) mass is 425 g/mol. The molecule has 0 aliphatic carbocycles. The van der Waals surface area contributed by atoms with Crippen molar-refractivity contribution in [3.05, 3.63) is 11.0 Å².